The molecule has 0 bridgehead atoms. The topological polar surface area (TPSA) is 52.6 Å². The molecule has 0 rings (SSSR count). The van der Waals surface area contributed by atoms with Crippen molar-refractivity contribution in [2.24, 2.45) is 0 Å². The molecule has 0 atom stereocenters. The van der Waals surface area contributed by atoms with Gasteiger partial charge in [-0.1, -0.05) is 26.2 Å². The molecule has 0 spiro atoms. The highest BCUT2D eigenvalue weighted by molar-refractivity contribution is 5.69. The molecule has 0 aliphatic rings. The Morgan fingerprint density at radius 1 is 1.31 bits per heavy atom. The number of carbonyl (C=O) groups is 1. The molecule has 75 valence electrons. The first-order valence-corrected chi connectivity index (χ1v) is 4.45. The SMILES string of the molecule is CCCCCCC(=O)OCO[C]=O. The monoisotopic (exact) mass is 187 g/mol. The van der Waals surface area contributed by atoms with Gasteiger partial charge in [0.25, 0.3) is 0 Å². The number of hydrogen-bond acceptors (Lipinski definition) is 4. The van der Waals surface area contributed by atoms with Crippen molar-refractivity contribution in [2.75, 3.05) is 6.79 Å². The molecule has 4 heteroatoms. The smallest absolute Gasteiger partial charge is 0.420 e. The molecule has 13 heavy (non-hydrogen) atoms. The van der Waals surface area contributed by atoms with Crippen LogP contribution in [0.5, 0.6) is 0 Å². The molecule has 0 heterocycles. The molecule has 0 fully saturated rings. The average Bonchev–Trinajstić information content (AvgIpc) is 2.13. The molecule has 0 N–H and O–H groups in total. The molecule has 0 saturated heterocycles. The van der Waals surface area contributed by atoms with E-state index in [0.717, 1.165) is 25.7 Å². The van der Waals surface area contributed by atoms with Crippen molar-refractivity contribution in [2.45, 2.75) is 39.0 Å². The van der Waals surface area contributed by atoms with Gasteiger partial charge in [-0.25, -0.2) is 4.79 Å². The summed E-state index contributed by atoms with van der Waals surface area (Å²) in [6, 6.07) is 0. The van der Waals surface area contributed by atoms with E-state index in [1.54, 1.807) is 0 Å². The summed E-state index contributed by atoms with van der Waals surface area (Å²) in [6.07, 6.45) is 4.52. The van der Waals surface area contributed by atoms with Gasteiger partial charge in [-0.05, 0) is 6.42 Å². The molecule has 1 radical (unpaired) electrons. The maximum Gasteiger partial charge on any atom is 0.420 e. The summed E-state index contributed by atoms with van der Waals surface area (Å²) in [4.78, 5) is 20.4. The van der Waals surface area contributed by atoms with Crippen LogP contribution in [-0.4, -0.2) is 19.2 Å². The minimum absolute atomic E-state index is 0.323. The molecular weight excluding hydrogens is 172 g/mol. The number of ether oxygens (including phenoxy) is 2. The predicted octanol–water partition coefficient (Wildman–Crippen LogP) is 1.54. The van der Waals surface area contributed by atoms with E-state index in [9.17, 15) is 9.59 Å². The van der Waals surface area contributed by atoms with Gasteiger partial charge in [0.2, 0.25) is 6.79 Å². The lowest BCUT2D eigenvalue weighted by Gasteiger charge is -2.01. The quantitative estimate of drug-likeness (QED) is 0.328. The van der Waals surface area contributed by atoms with Gasteiger partial charge in [0, 0.05) is 6.42 Å². The lowest BCUT2D eigenvalue weighted by molar-refractivity contribution is -0.151. The third kappa shape index (κ3) is 8.85. The van der Waals surface area contributed by atoms with Gasteiger partial charge in [0.1, 0.15) is 0 Å². The van der Waals surface area contributed by atoms with Crippen molar-refractivity contribution in [1.82, 2.24) is 0 Å². The van der Waals surface area contributed by atoms with Gasteiger partial charge in [0.15, 0.2) is 0 Å². The van der Waals surface area contributed by atoms with E-state index >= 15 is 0 Å². The maximum absolute atomic E-state index is 10.8. The van der Waals surface area contributed by atoms with Crippen LogP contribution >= 0.6 is 0 Å². The Morgan fingerprint density at radius 2 is 2.08 bits per heavy atom. The summed E-state index contributed by atoms with van der Waals surface area (Å²) in [5.41, 5.74) is 0. The van der Waals surface area contributed by atoms with Crippen LogP contribution < -0.4 is 0 Å². The summed E-state index contributed by atoms with van der Waals surface area (Å²) in [6.45, 7) is 2.95. The Bertz CT molecular complexity index is 145. The van der Waals surface area contributed by atoms with Crippen molar-refractivity contribution in [3.63, 3.8) is 0 Å². The molecule has 0 unspecified atom stereocenters. The Morgan fingerprint density at radius 3 is 2.69 bits per heavy atom. The Labute approximate surface area is 78.2 Å². The third-order valence-electron chi connectivity index (χ3n) is 1.57. The second-order valence-electron chi connectivity index (χ2n) is 2.67. The fourth-order valence-corrected chi connectivity index (χ4v) is 0.888. The van der Waals surface area contributed by atoms with Crippen LogP contribution in [0.2, 0.25) is 0 Å². The van der Waals surface area contributed by atoms with E-state index in [-0.39, 0.29) is 12.8 Å². The Balaban J connectivity index is 3.15. The van der Waals surface area contributed by atoms with E-state index in [2.05, 4.69) is 16.4 Å². The van der Waals surface area contributed by atoms with E-state index in [0.29, 0.717) is 6.42 Å². The van der Waals surface area contributed by atoms with Gasteiger partial charge in [-0.3, -0.25) is 4.79 Å². The normalized spacial score (nSPS) is 9.31. The van der Waals surface area contributed by atoms with Crippen LogP contribution in [0, 0.1) is 0 Å². The van der Waals surface area contributed by atoms with Crippen LogP contribution in [0.1, 0.15) is 39.0 Å². The average molecular weight is 187 g/mol. The zero-order valence-corrected chi connectivity index (χ0v) is 7.88. The van der Waals surface area contributed by atoms with E-state index in [4.69, 9.17) is 0 Å². The summed E-state index contributed by atoms with van der Waals surface area (Å²) < 4.78 is 8.62. The van der Waals surface area contributed by atoms with Crippen LogP contribution in [-0.2, 0) is 19.1 Å². The number of rotatable bonds is 8. The van der Waals surface area contributed by atoms with E-state index in [1.165, 1.54) is 6.47 Å². The second kappa shape index (κ2) is 9.03. The standard InChI is InChI=1S/C9H15O4/c1-2-3-4-5-6-9(11)13-8-12-7-10/h2-6,8H2,1H3. The first-order chi connectivity index (χ1) is 6.31. The molecule has 0 aromatic rings. The summed E-state index contributed by atoms with van der Waals surface area (Å²) >= 11 is 0. The first kappa shape index (κ1) is 11.9. The lowest BCUT2D eigenvalue weighted by atomic mass is 10.2. The summed E-state index contributed by atoms with van der Waals surface area (Å²) in [5.74, 6) is -0.327. The van der Waals surface area contributed by atoms with Crippen LogP contribution in [0.15, 0.2) is 0 Å². The Kier molecular flexibility index (Phi) is 8.30. The van der Waals surface area contributed by atoms with Gasteiger partial charge < -0.3 is 9.47 Å². The zero-order chi connectivity index (χ0) is 9.94. The molecule has 0 aromatic heterocycles. The third-order valence-corrected chi connectivity index (χ3v) is 1.57. The van der Waals surface area contributed by atoms with Gasteiger partial charge >= 0.3 is 12.4 Å². The second-order valence-corrected chi connectivity index (χ2v) is 2.67. The van der Waals surface area contributed by atoms with Crippen molar-refractivity contribution in [3.05, 3.63) is 0 Å². The summed E-state index contributed by atoms with van der Waals surface area (Å²) in [5, 5.41) is 0. The van der Waals surface area contributed by atoms with Gasteiger partial charge in [-0.2, -0.15) is 0 Å². The number of carbonyl (C=O) groups excluding carboxylic acids is 2. The number of unbranched alkanes of at least 4 members (excludes halogenated alkanes) is 3. The van der Waals surface area contributed by atoms with Crippen LogP contribution in [0.4, 0.5) is 0 Å². The van der Waals surface area contributed by atoms with Crippen molar-refractivity contribution in [1.29, 1.82) is 0 Å². The molecular formula is C9H15O4. The number of hydrogen-bond donors (Lipinski definition) is 0. The first-order valence-electron chi connectivity index (χ1n) is 4.45. The highest BCUT2D eigenvalue weighted by Gasteiger charge is 2.01. The highest BCUT2D eigenvalue weighted by Crippen LogP contribution is 2.03. The highest BCUT2D eigenvalue weighted by atomic mass is 16.7. The largest absolute Gasteiger partial charge is 0.428 e. The van der Waals surface area contributed by atoms with Gasteiger partial charge in [0.05, 0.1) is 0 Å². The van der Waals surface area contributed by atoms with Crippen molar-refractivity contribution >= 4 is 12.4 Å². The lowest BCUT2D eigenvalue weighted by Crippen LogP contribution is -2.07. The van der Waals surface area contributed by atoms with E-state index < -0.39 is 0 Å². The van der Waals surface area contributed by atoms with Crippen molar-refractivity contribution in [3.8, 4) is 0 Å². The fourth-order valence-electron chi connectivity index (χ4n) is 0.888. The maximum atomic E-state index is 10.8. The van der Waals surface area contributed by atoms with Gasteiger partial charge in [-0.15, -0.1) is 0 Å². The Hall–Kier alpha value is -1.06. The molecule has 0 aliphatic carbocycles. The number of esters is 1. The minimum Gasteiger partial charge on any atom is -0.428 e. The molecule has 4 nitrogen and oxygen atoms in total. The molecule has 0 aliphatic heterocycles. The zero-order valence-electron chi connectivity index (χ0n) is 7.88. The van der Waals surface area contributed by atoms with Crippen molar-refractivity contribution < 1.29 is 19.1 Å². The molecule has 0 aromatic carbocycles. The molecule has 0 amide bonds. The fraction of sp³-hybridized carbons (Fsp3) is 0.778. The summed E-state index contributed by atoms with van der Waals surface area (Å²) in [7, 11) is 0. The van der Waals surface area contributed by atoms with Crippen LogP contribution in [0.3, 0.4) is 0 Å². The van der Waals surface area contributed by atoms with Crippen LogP contribution in [0.25, 0.3) is 0 Å². The minimum atomic E-state index is -0.327. The predicted molar refractivity (Wildman–Crippen MR) is 46.5 cm³/mol. The molecule has 0 saturated carbocycles. The van der Waals surface area contributed by atoms with E-state index in [1.807, 2.05) is 0 Å².